The largest absolute Gasteiger partial charge is 0 e. The molecule has 7 nitrogen and oxygen atoms in total. The van der Waals surface area contributed by atoms with Crippen molar-refractivity contribution in [1.29, 1.82) is 0 Å². The summed E-state index contributed by atoms with van der Waals surface area (Å²) in [7, 11) is -10.1. The minimum Gasteiger partial charge on any atom is 0 e. The number of phosphoric acid groups is 2. The summed E-state index contributed by atoms with van der Waals surface area (Å²) in [5.41, 5.74) is 0. The van der Waals surface area contributed by atoms with E-state index < -0.39 is 15.6 Å². The van der Waals surface area contributed by atoms with E-state index >= 15 is 0 Å². The summed E-state index contributed by atoms with van der Waals surface area (Å²) in [6.45, 7) is 0. The van der Waals surface area contributed by atoms with Gasteiger partial charge in [-0.15, -0.1) is 0 Å². The van der Waals surface area contributed by atoms with Crippen LogP contribution in [0.5, 0.6) is 0 Å². The van der Waals surface area contributed by atoms with Crippen LogP contribution >= 0.6 is 15.6 Å². The van der Waals surface area contributed by atoms with Crippen LogP contribution in [-0.4, -0.2) is 68.5 Å². The Morgan fingerprint density at radius 3 is 1.09 bits per heavy atom. The van der Waals surface area contributed by atoms with Crippen LogP contribution in [0, 0.1) is 0 Å². The molecule has 11 heteroatoms. The van der Waals surface area contributed by atoms with Crippen LogP contribution in [0.3, 0.4) is 0 Å². The normalized spacial score (nSPS) is 11.3. The van der Waals surface area contributed by atoms with E-state index in [1.165, 1.54) is 0 Å². The Morgan fingerprint density at radius 1 is 0.909 bits per heavy atom. The van der Waals surface area contributed by atoms with Gasteiger partial charge in [0.05, 0.1) is 0 Å². The molecule has 4 N–H and O–H groups in total. The van der Waals surface area contributed by atoms with Crippen molar-refractivity contribution in [2.75, 3.05) is 0 Å². The molecule has 0 rings (SSSR count). The molecule has 0 unspecified atom stereocenters. The van der Waals surface area contributed by atoms with E-state index in [1.807, 2.05) is 0 Å². The van der Waals surface area contributed by atoms with Gasteiger partial charge >= 0.3 is 64.5 Å². The van der Waals surface area contributed by atoms with Gasteiger partial charge < -0.3 is 19.6 Å². The zero-order valence-corrected chi connectivity index (χ0v) is 9.37. The zero-order valence-electron chi connectivity index (χ0n) is 4.62. The molecule has 0 saturated carbocycles. The Labute approximate surface area is 115 Å². The summed E-state index contributed by atoms with van der Waals surface area (Å²) in [4.78, 5) is 31.0. The smallest absolute Gasteiger partial charge is 0 e. The number of hydrogen-bond acceptors (Lipinski definition) is 3. The van der Waals surface area contributed by atoms with Crippen molar-refractivity contribution in [1.82, 2.24) is 0 Å². The minimum atomic E-state index is -5.05. The molecule has 0 aromatic rings. The Bertz CT molecular complexity index is 157. The molecule has 11 heavy (non-hydrogen) atoms. The van der Waals surface area contributed by atoms with E-state index in [4.69, 9.17) is 19.6 Å². The molecule has 62 valence electrons. The van der Waals surface area contributed by atoms with Gasteiger partial charge in [0.1, 0.15) is 0 Å². The molecule has 0 aromatic heterocycles. The van der Waals surface area contributed by atoms with Gasteiger partial charge in [0.25, 0.3) is 0 Å². The Hall–Kier alpha value is 2.45. The van der Waals surface area contributed by atoms with Gasteiger partial charge in [-0.1, -0.05) is 0 Å². The van der Waals surface area contributed by atoms with E-state index in [2.05, 4.69) is 4.31 Å². The van der Waals surface area contributed by atoms with Crippen molar-refractivity contribution in [3.05, 3.63) is 0 Å². The molecule has 0 atom stereocenters. The first-order valence-electron chi connectivity index (χ1n) is 1.53. The molecule has 0 fully saturated rings. The molecule has 0 spiro atoms. The first kappa shape index (κ1) is 19.1. The quantitative estimate of drug-likeness (QED) is 0.330. The van der Waals surface area contributed by atoms with Crippen LogP contribution in [0.25, 0.3) is 0 Å². The second-order valence-electron chi connectivity index (χ2n) is 1.06. The third kappa shape index (κ3) is 19.0. The molecular formula is H6BaO7P2Zn. The molecule has 0 aliphatic rings. The van der Waals surface area contributed by atoms with Crippen molar-refractivity contribution >= 4 is 64.5 Å². The SMILES string of the molecule is O=P(O)(O)OP(=O)(O)O.[BaH2].[Zn]. The maximum absolute atomic E-state index is 9.63. The van der Waals surface area contributed by atoms with Crippen molar-refractivity contribution in [2.24, 2.45) is 0 Å². The third-order valence-corrected chi connectivity index (χ3v) is 1.91. The Balaban J connectivity index is -0.000000320. The molecule has 0 amide bonds. The Kier molecular flexibility index (Phi) is 11.9. The van der Waals surface area contributed by atoms with Gasteiger partial charge in [-0.05, 0) is 0 Å². The molecule has 0 saturated heterocycles. The van der Waals surface area contributed by atoms with Crippen LogP contribution < -0.4 is 0 Å². The summed E-state index contributed by atoms with van der Waals surface area (Å²) in [6.07, 6.45) is 0. The maximum atomic E-state index is 9.63. The number of hydrogen-bond donors (Lipinski definition) is 4. The molecule has 0 radical (unpaired) electrons. The molecule has 0 aliphatic carbocycles. The fraction of sp³-hybridized carbons (Fsp3) is 0. The van der Waals surface area contributed by atoms with Crippen LogP contribution in [-0.2, 0) is 32.9 Å². The van der Waals surface area contributed by atoms with Gasteiger partial charge in [0.15, 0.2) is 0 Å². The first-order chi connectivity index (χ1) is 3.71. The summed E-state index contributed by atoms with van der Waals surface area (Å²) >= 11 is 0. The zero-order chi connectivity index (χ0) is 7.71. The van der Waals surface area contributed by atoms with Gasteiger partial charge in [-0.25, -0.2) is 9.13 Å². The summed E-state index contributed by atoms with van der Waals surface area (Å²) in [5.74, 6) is 0. The van der Waals surface area contributed by atoms with Crippen molar-refractivity contribution in [3.63, 3.8) is 0 Å². The average molecular weight is 383 g/mol. The topological polar surface area (TPSA) is 124 Å². The fourth-order valence-corrected chi connectivity index (χ4v) is 1.25. The second kappa shape index (κ2) is 6.84. The van der Waals surface area contributed by atoms with Crippen molar-refractivity contribution < 1.29 is 52.5 Å². The summed E-state index contributed by atoms with van der Waals surface area (Å²) in [5, 5.41) is 0. The fourth-order valence-electron chi connectivity index (χ4n) is 0.139. The maximum Gasteiger partial charge on any atom is 0 e. The average Bonchev–Trinajstić information content (AvgIpc) is 1.14. The minimum absolute atomic E-state index is 0. The molecule has 0 aliphatic heterocycles. The van der Waals surface area contributed by atoms with Crippen LogP contribution in [0.1, 0.15) is 0 Å². The molecule has 0 aromatic carbocycles. The Morgan fingerprint density at radius 2 is 1.09 bits per heavy atom. The summed E-state index contributed by atoms with van der Waals surface area (Å²) < 4.78 is 22.2. The van der Waals surface area contributed by atoms with Crippen LogP contribution in [0.4, 0.5) is 0 Å². The molecule has 0 bridgehead atoms. The first-order valence-corrected chi connectivity index (χ1v) is 4.59. The third-order valence-electron chi connectivity index (χ3n) is 0.213. The van der Waals surface area contributed by atoms with Gasteiger partial charge in [0.2, 0.25) is 0 Å². The predicted octanol–water partition coefficient (Wildman–Crippen LogP) is -1.73. The summed E-state index contributed by atoms with van der Waals surface area (Å²) in [6, 6.07) is 0. The van der Waals surface area contributed by atoms with Gasteiger partial charge in [-0.2, -0.15) is 4.31 Å². The van der Waals surface area contributed by atoms with E-state index in [1.54, 1.807) is 0 Å². The van der Waals surface area contributed by atoms with E-state index in [-0.39, 0.29) is 68.4 Å². The van der Waals surface area contributed by atoms with Crippen LogP contribution in [0.15, 0.2) is 0 Å². The van der Waals surface area contributed by atoms with Crippen molar-refractivity contribution in [2.45, 2.75) is 0 Å². The standard InChI is InChI=1S/Ba.H4O7P2.Zn.2H/c;1-8(2,3)7-9(4,5)6;;;/h;(H2,1,2,3)(H2,4,5,6);;;. The van der Waals surface area contributed by atoms with E-state index in [0.717, 1.165) is 0 Å². The van der Waals surface area contributed by atoms with Crippen LogP contribution in [0.2, 0.25) is 0 Å². The van der Waals surface area contributed by atoms with Crippen molar-refractivity contribution in [3.8, 4) is 0 Å². The van der Waals surface area contributed by atoms with Gasteiger partial charge in [-0.3, -0.25) is 0 Å². The predicted molar refractivity (Wildman–Crippen MR) is 33.7 cm³/mol. The van der Waals surface area contributed by atoms with E-state index in [9.17, 15) is 9.13 Å². The molecule has 0 heterocycles. The van der Waals surface area contributed by atoms with Gasteiger partial charge in [0, 0.05) is 19.5 Å². The number of rotatable bonds is 2. The second-order valence-corrected chi connectivity index (χ2v) is 3.68. The van der Waals surface area contributed by atoms with E-state index in [0.29, 0.717) is 0 Å². The monoisotopic (exact) mass is 382 g/mol. The molecular weight excluding hydrogens is 377 g/mol.